The van der Waals surface area contributed by atoms with Crippen molar-refractivity contribution in [1.82, 2.24) is 9.38 Å². The lowest BCUT2D eigenvalue weighted by atomic mass is 10.1. The summed E-state index contributed by atoms with van der Waals surface area (Å²) in [6.45, 7) is 1.81. The minimum atomic E-state index is -1.04. The van der Waals surface area contributed by atoms with Crippen LogP contribution in [0.25, 0.3) is 16.9 Å². The van der Waals surface area contributed by atoms with Crippen molar-refractivity contribution in [2.75, 3.05) is 5.32 Å². The van der Waals surface area contributed by atoms with Crippen LogP contribution >= 0.6 is 0 Å². The standard InChI is InChI=1S/C22H17N3O3/c1-14-7-8-17(22(27)28)11-18(14)24-21(26)16-9-10-25-13-19(23-20(25)12-16)15-5-3-2-4-6-15/h2-13H,1H3,(H,24,26)(H,27,28). The molecule has 2 aromatic carbocycles. The molecular formula is C22H17N3O3. The third kappa shape index (κ3) is 3.35. The average Bonchev–Trinajstić information content (AvgIpc) is 3.13. The van der Waals surface area contributed by atoms with Gasteiger partial charge in [0.15, 0.2) is 0 Å². The van der Waals surface area contributed by atoms with E-state index in [1.807, 2.05) is 47.9 Å². The average molecular weight is 371 g/mol. The quantitative estimate of drug-likeness (QED) is 0.561. The highest BCUT2D eigenvalue weighted by Gasteiger charge is 2.12. The van der Waals surface area contributed by atoms with Crippen LogP contribution < -0.4 is 5.32 Å². The number of fused-ring (bicyclic) bond motifs is 1. The molecule has 0 bridgehead atoms. The molecule has 0 saturated heterocycles. The van der Waals surface area contributed by atoms with Gasteiger partial charge in [-0.2, -0.15) is 0 Å². The minimum Gasteiger partial charge on any atom is -0.478 e. The molecule has 0 aliphatic carbocycles. The molecule has 0 fully saturated rings. The number of aryl methyl sites for hydroxylation is 1. The first-order valence-corrected chi connectivity index (χ1v) is 8.71. The normalized spacial score (nSPS) is 10.8. The first kappa shape index (κ1) is 17.5. The number of rotatable bonds is 4. The fourth-order valence-electron chi connectivity index (χ4n) is 2.96. The van der Waals surface area contributed by atoms with Crippen LogP contribution in [-0.4, -0.2) is 26.4 Å². The molecule has 0 saturated carbocycles. The number of aromatic carboxylic acids is 1. The number of carbonyl (C=O) groups is 2. The molecule has 138 valence electrons. The summed E-state index contributed by atoms with van der Waals surface area (Å²) in [7, 11) is 0. The van der Waals surface area contributed by atoms with Crippen LogP contribution in [0.3, 0.4) is 0 Å². The van der Waals surface area contributed by atoms with Crippen molar-refractivity contribution >= 4 is 23.2 Å². The van der Waals surface area contributed by atoms with Gasteiger partial charge in [0.1, 0.15) is 5.65 Å². The van der Waals surface area contributed by atoms with E-state index in [4.69, 9.17) is 5.11 Å². The molecule has 4 aromatic rings. The Morgan fingerprint density at radius 1 is 1.00 bits per heavy atom. The predicted octanol–water partition coefficient (Wildman–Crippen LogP) is 4.26. The monoisotopic (exact) mass is 371 g/mol. The van der Waals surface area contributed by atoms with Gasteiger partial charge in [-0.1, -0.05) is 36.4 Å². The number of hydrogen-bond acceptors (Lipinski definition) is 3. The smallest absolute Gasteiger partial charge is 0.335 e. The number of pyridine rings is 1. The van der Waals surface area contributed by atoms with E-state index in [0.29, 0.717) is 16.9 Å². The molecule has 0 spiro atoms. The second-order valence-corrected chi connectivity index (χ2v) is 6.46. The number of nitrogens with zero attached hydrogens (tertiary/aromatic N) is 2. The molecule has 4 rings (SSSR count). The zero-order valence-corrected chi connectivity index (χ0v) is 15.1. The molecule has 0 atom stereocenters. The SMILES string of the molecule is Cc1ccc(C(=O)O)cc1NC(=O)c1ccn2cc(-c3ccccc3)nc2c1. The Balaban J connectivity index is 1.63. The Labute approximate surface area is 161 Å². The lowest BCUT2D eigenvalue weighted by Crippen LogP contribution is -2.13. The first-order chi connectivity index (χ1) is 13.5. The van der Waals surface area contributed by atoms with Gasteiger partial charge in [-0.05, 0) is 36.8 Å². The summed E-state index contributed by atoms with van der Waals surface area (Å²) >= 11 is 0. The van der Waals surface area contributed by atoms with Crippen molar-refractivity contribution in [2.45, 2.75) is 6.92 Å². The maximum absolute atomic E-state index is 12.7. The molecule has 0 unspecified atom stereocenters. The van der Waals surface area contributed by atoms with E-state index in [0.717, 1.165) is 16.8 Å². The van der Waals surface area contributed by atoms with Crippen LogP contribution in [0.1, 0.15) is 26.3 Å². The van der Waals surface area contributed by atoms with E-state index in [2.05, 4.69) is 10.3 Å². The number of benzene rings is 2. The van der Waals surface area contributed by atoms with E-state index in [1.54, 1.807) is 24.4 Å². The van der Waals surface area contributed by atoms with Crippen molar-refractivity contribution in [3.8, 4) is 11.3 Å². The van der Waals surface area contributed by atoms with E-state index in [-0.39, 0.29) is 11.5 Å². The Kier molecular flexibility index (Phi) is 4.37. The number of carboxylic acid groups (broad SMARTS) is 1. The zero-order valence-electron chi connectivity index (χ0n) is 15.1. The number of carbonyl (C=O) groups excluding carboxylic acids is 1. The van der Waals surface area contributed by atoms with E-state index in [9.17, 15) is 9.59 Å². The molecular weight excluding hydrogens is 354 g/mol. The van der Waals surface area contributed by atoms with Gasteiger partial charge in [0.25, 0.3) is 5.91 Å². The van der Waals surface area contributed by atoms with Crippen LogP contribution in [0, 0.1) is 6.92 Å². The molecule has 28 heavy (non-hydrogen) atoms. The highest BCUT2D eigenvalue weighted by atomic mass is 16.4. The number of anilines is 1. The molecule has 0 aliphatic rings. The van der Waals surface area contributed by atoms with Gasteiger partial charge in [-0.15, -0.1) is 0 Å². The van der Waals surface area contributed by atoms with Gasteiger partial charge in [0.05, 0.1) is 11.3 Å². The van der Waals surface area contributed by atoms with Gasteiger partial charge in [-0.25, -0.2) is 9.78 Å². The van der Waals surface area contributed by atoms with E-state index >= 15 is 0 Å². The largest absolute Gasteiger partial charge is 0.478 e. The van der Waals surface area contributed by atoms with Crippen molar-refractivity contribution in [3.63, 3.8) is 0 Å². The predicted molar refractivity (Wildman–Crippen MR) is 107 cm³/mol. The third-order valence-corrected chi connectivity index (χ3v) is 4.52. The Bertz CT molecular complexity index is 1200. The summed E-state index contributed by atoms with van der Waals surface area (Å²) in [5.41, 5.74) is 4.30. The third-order valence-electron chi connectivity index (χ3n) is 4.52. The molecule has 2 aromatic heterocycles. The van der Waals surface area contributed by atoms with Gasteiger partial charge in [0, 0.05) is 29.2 Å². The fraction of sp³-hybridized carbons (Fsp3) is 0.0455. The second-order valence-electron chi connectivity index (χ2n) is 6.46. The Morgan fingerprint density at radius 3 is 2.54 bits per heavy atom. The number of imidazole rings is 1. The van der Waals surface area contributed by atoms with Crippen LogP contribution in [0.15, 0.2) is 73.1 Å². The highest BCUT2D eigenvalue weighted by Crippen LogP contribution is 2.21. The zero-order chi connectivity index (χ0) is 19.7. The summed E-state index contributed by atoms with van der Waals surface area (Å²) in [5, 5.41) is 11.9. The van der Waals surface area contributed by atoms with Gasteiger partial charge in [0.2, 0.25) is 0 Å². The number of hydrogen-bond donors (Lipinski definition) is 2. The van der Waals surface area contributed by atoms with Crippen molar-refractivity contribution in [3.05, 3.63) is 89.7 Å². The van der Waals surface area contributed by atoms with Gasteiger partial charge in [-0.3, -0.25) is 4.79 Å². The fourth-order valence-corrected chi connectivity index (χ4v) is 2.96. The summed E-state index contributed by atoms with van der Waals surface area (Å²) in [6, 6.07) is 17.9. The maximum atomic E-state index is 12.7. The van der Waals surface area contributed by atoms with Gasteiger partial charge >= 0.3 is 5.97 Å². The summed E-state index contributed by atoms with van der Waals surface area (Å²) in [6.07, 6.45) is 3.69. The van der Waals surface area contributed by atoms with Crippen molar-refractivity contribution in [1.29, 1.82) is 0 Å². The maximum Gasteiger partial charge on any atom is 0.335 e. The number of aromatic nitrogens is 2. The van der Waals surface area contributed by atoms with E-state index < -0.39 is 5.97 Å². The summed E-state index contributed by atoms with van der Waals surface area (Å²) in [5.74, 6) is -1.36. The molecule has 1 amide bonds. The molecule has 2 N–H and O–H groups in total. The molecule has 6 nitrogen and oxygen atoms in total. The Hall–Kier alpha value is -3.93. The van der Waals surface area contributed by atoms with Crippen molar-refractivity contribution < 1.29 is 14.7 Å². The number of carboxylic acids is 1. The molecule has 0 radical (unpaired) electrons. The Morgan fingerprint density at radius 2 is 1.79 bits per heavy atom. The lowest BCUT2D eigenvalue weighted by molar-refractivity contribution is 0.0696. The van der Waals surface area contributed by atoms with E-state index in [1.165, 1.54) is 12.1 Å². The van der Waals surface area contributed by atoms with Crippen LogP contribution in [0.4, 0.5) is 5.69 Å². The van der Waals surface area contributed by atoms with Crippen molar-refractivity contribution in [2.24, 2.45) is 0 Å². The summed E-state index contributed by atoms with van der Waals surface area (Å²) < 4.78 is 1.86. The van der Waals surface area contributed by atoms with Gasteiger partial charge < -0.3 is 14.8 Å². The first-order valence-electron chi connectivity index (χ1n) is 8.71. The minimum absolute atomic E-state index is 0.122. The van der Waals surface area contributed by atoms with Crippen LogP contribution in [0.5, 0.6) is 0 Å². The van der Waals surface area contributed by atoms with Crippen LogP contribution in [0.2, 0.25) is 0 Å². The number of amides is 1. The molecule has 6 heteroatoms. The molecule has 2 heterocycles. The topological polar surface area (TPSA) is 83.7 Å². The van der Waals surface area contributed by atoms with Crippen LogP contribution in [-0.2, 0) is 0 Å². The number of nitrogens with one attached hydrogen (secondary N) is 1. The molecule has 0 aliphatic heterocycles. The second kappa shape index (κ2) is 7.00. The lowest BCUT2D eigenvalue weighted by Gasteiger charge is -2.09. The highest BCUT2D eigenvalue weighted by molar-refractivity contribution is 6.05. The summed E-state index contributed by atoms with van der Waals surface area (Å²) in [4.78, 5) is 28.4.